The van der Waals surface area contributed by atoms with Gasteiger partial charge in [0.1, 0.15) is 23.8 Å². The summed E-state index contributed by atoms with van der Waals surface area (Å²) >= 11 is 0. The van der Waals surface area contributed by atoms with Gasteiger partial charge < -0.3 is 14.4 Å². The Balaban J connectivity index is 1.37. The summed E-state index contributed by atoms with van der Waals surface area (Å²) in [6, 6.07) is 13.7. The Kier molecular flexibility index (Phi) is 7.20. The van der Waals surface area contributed by atoms with Crippen molar-refractivity contribution < 1.29 is 14.3 Å². The van der Waals surface area contributed by atoms with Crippen LogP contribution in [0.3, 0.4) is 0 Å². The molecule has 0 N–H and O–H groups in total. The summed E-state index contributed by atoms with van der Waals surface area (Å²) in [6.07, 6.45) is 5.17. The van der Waals surface area contributed by atoms with E-state index in [2.05, 4.69) is 29.1 Å². The van der Waals surface area contributed by atoms with Gasteiger partial charge in [-0.1, -0.05) is 12.1 Å². The highest BCUT2D eigenvalue weighted by Gasteiger charge is 2.12. The maximum absolute atomic E-state index is 12.4. The highest BCUT2D eigenvalue weighted by Crippen LogP contribution is 2.30. The Morgan fingerprint density at radius 1 is 1.18 bits per heavy atom. The van der Waals surface area contributed by atoms with Crippen LogP contribution in [0.5, 0.6) is 11.5 Å². The zero-order chi connectivity index (χ0) is 19.8. The third kappa shape index (κ3) is 5.67. The van der Waals surface area contributed by atoms with E-state index in [1.165, 1.54) is 5.56 Å². The minimum Gasteiger partial charge on any atom is -0.497 e. The standard InChI is InChI=1S/C23H28N2O3/c1-25(14-11-18-6-5-7-20(16-18)27-2)13-4-3-8-22(26)19-9-10-23-21(17-19)24-12-15-28-23/h5-7,9-10,12,16-17H,3-4,8,11,13-15H2,1-2H3. The number of likely N-dealkylation sites (N-methyl/N-ethyl adjacent to an activating group) is 1. The summed E-state index contributed by atoms with van der Waals surface area (Å²) in [5.41, 5.74) is 2.74. The minimum absolute atomic E-state index is 0.169. The Morgan fingerprint density at radius 2 is 2.07 bits per heavy atom. The molecule has 0 aromatic heterocycles. The Bertz CT molecular complexity index is 832. The van der Waals surface area contributed by atoms with Crippen molar-refractivity contribution in [3.05, 3.63) is 53.6 Å². The number of benzene rings is 2. The molecule has 0 bridgehead atoms. The van der Waals surface area contributed by atoms with E-state index in [1.807, 2.05) is 30.3 Å². The van der Waals surface area contributed by atoms with Gasteiger partial charge in [-0.2, -0.15) is 0 Å². The van der Waals surface area contributed by atoms with Gasteiger partial charge in [-0.3, -0.25) is 9.79 Å². The monoisotopic (exact) mass is 380 g/mol. The van der Waals surface area contributed by atoms with Crippen LogP contribution >= 0.6 is 0 Å². The van der Waals surface area contributed by atoms with E-state index in [9.17, 15) is 4.79 Å². The average molecular weight is 380 g/mol. The number of fused-ring (bicyclic) bond motifs is 1. The van der Waals surface area contributed by atoms with Crippen LogP contribution in [0.15, 0.2) is 47.5 Å². The summed E-state index contributed by atoms with van der Waals surface area (Å²) in [7, 11) is 3.82. The number of hydrogen-bond acceptors (Lipinski definition) is 5. The molecule has 5 heteroatoms. The van der Waals surface area contributed by atoms with Crippen LogP contribution in [0, 0.1) is 0 Å². The molecule has 0 unspecified atom stereocenters. The molecule has 0 amide bonds. The van der Waals surface area contributed by atoms with E-state index in [4.69, 9.17) is 9.47 Å². The highest BCUT2D eigenvalue weighted by molar-refractivity contribution is 5.97. The van der Waals surface area contributed by atoms with Gasteiger partial charge in [0.2, 0.25) is 0 Å². The summed E-state index contributed by atoms with van der Waals surface area (Å²) in [6.45, 7) is 2.47. The Morgan fingerprint density at radius 3 is 2.93 bits per heavy atom. The molecule has 2 aromatic rings. The molecule has 0 radical (unpaired) electrons. The molecule has 1 aliphatic heterocycles. The van der Waals surface area contributed by atoms with Gasteiger partial charge in [-0.25, -0.2) is 0 Å². The first-order valence-corrected chi connectivity index (χ1v) is 9.80. The van der Waals surface area contributed by atoms with E-state index >= 15 is 0 Å². The van der Waals surface area contributed by atoms with Gasteiger partial charge in [0, 0.05) is 24.7 Å². The molecule has 0 aliphatic carbocycles. The first-order valence-electron chi connectivity index (χ1n) is 9.80. The lowest BCUT2D eigenvalue weighted by Gasteiger charge is -2.16. The molecular weight excluding hydrogens is 352 g/mol. The Labute approximate surface area is 167 Å². The van der Waals surface area contributed by atoms with Gasteiger partial charge in [-0.05, 0) is 68.8 Å². The van der Waals surface area contributed by atoms with Gasteiger partial charge in [0.25, 0.3) is 0 Å². The number of rotatable bonds is 10. The maximum atomic E-state index is 12.4. The van der Waals surface area contributed by atoms with Crippen molar-refractivity contribution in [3.63, 3.8) is 0 Å². The molecule has 148 valence electrons. The number of nitrogens with zero attached hydrogens (tertiary/aromatic N) is 2. The van der Waals surface area contributed by atoms with Gasteiger partial charge in [0.15, 0.2) is 5.78 Å². The van der Waals surface area contributed by atoms with E-state index < -0.39 is 0 Å². The SMILES string of the molecule is COc1cccc(CCN(C)CCCCC(=O)c2ccc3c(c2)N=CCO3)c1. The van der Waals surface area contributed by atoms with Crippen LogP contribution < -0.4 is 9.47 Å². The molecule has 0 atom stereocenters. The molecule has 0 spiro atoms. The molecule has 2 aromatic carbocycles. The van der Waals surface area contributed by atoms with E-state index in [0.29, 0.717) is 18.6 Å². The maximum Gasteiger partial charge on any atom is 0.162 e. The molecule has 0 saturated carbocycles. The van der Waals surface area contributed by atoms with E-state index in [0.717, 1.165) is 49.5 Å². The number of aliphatic imine (C=N–C) groups is 1. The fraction of sp³-hybridized carbons (Fsp3) is 0.391. The average Bonchev–Trinajstić information content (AvgIpc) is 2.75. The van der Waals surface area contributed by atoms with Crippen LogP contribution in [-0.4, -0.2) is 50.8 Å². The van der Waals surface area contributed by atoms with Crippen LogP contribution in [-0.2, 0) is 6.42 Å². The molecule has 1 heterocycles. The fourth-order valence-electron chi connectivity index (χ4n) is 3.25. The molecule has 0 fully saturated rings. The van der Waals surface area contributed by atoms with Crippen LogP contribution in [0.2, 0.25) is 0 Å². The van der Waals surface area contributed by atoms with Crippen LogP contribution in [0.25, 0.3) is 0 Å². The van der Waals surface area contributed by atoms with E-state index in [-0.39, 0.29) is 5.78 Å². The van der Waals surface area contributed by atoms with Crippen LogP contribution in [0.1, 0.15) is 35.2 Å². The predicted molar refractivity (Wildman–Crippen MR) is 112 cm³/mol. The predicted octanol–water partition coefficient (Wildman–Crippen LogP) is 4.32. The largest absolute Gasteiger partial charge is 0.497 e. The third-order valence-electron chi connectivity index (χ3n) is 4.93. The second-order valence-corrected chi connectivity index (χ2v) is 7.09. The third-order valence-corrected chi connectivity index (χ3v) is 4.93. The number of ketones is 1. The molecule has 28 heavy (non-hydrogen) atoms. The second kappa shape index (κ2) is 10.0. The lowest BCUT2D eigenvalue weighted by Crippen LogP contribution is -2.22. The fourth-order valence-corrected chi connectivity index (χ4v) is 3.25. The van der Waals surface area contributed by atoms with Crippen molar-refractivity contribution in [2.24, 2.45) is 4.99 Å². The van der Waals surface area contributed by atoms with Crippen molar-refractivity contribution in [1.29, 1.82) is 0 Å². The summed E-state index contributed by atoms with van der Waals surface area (Å²) in [4.78, 5) is 19.0. The minimum atomic E-state index is 0.169. The number of ether oxygens (including phenoxy) is 2. The molecule has 1 aliphatic rings. The van der Waals surface area contributed by atoms with Crippen LogP contribution in [0.4, 0.5) is 5.69 Å². The lowest BCUT2D eigenvalue weighted by atomic mass is 10.0. The number of Topliss-reactive ketones (excluding diaryl/α,β-unsaturated/α-hetero) is 1. The molecular formula is C23H28N2O3. The highest BCUT2D eigenvalue weighted by atomic mass is 16.5. The van der Waals surface area contributed by atoms with Crippen molar-refractivity contribution >= 4 is 17.7 Å². The van der Waals surface area contributed by atoms with Crippen molar-refractivity contribution in [2.45, 2.75) is 25.7 Å². The zero-order valence-corrected chi connectivity index (χ0v) is 16.7. The number of hydrogen-bond donors (Lipinski definition) is 0. The zero-order valence-electron chi connectivity index (χ0n) is 16.7. The molecule has 3 rings (SSSR count). The number of carbonyl (C=O) groups excluding carboxylic acids is 1. The van der Waals surface area contributed by atoms with Crippen molar-refractivity contribution in [3.8, 4) is 11.5 Å². The van der Waals surface area contributed by atoms with Gasteiger partial charge >= 0.3 is 0 Å². The first-order chi connectivity index (χ1) is 13.7. The number of methoxy groups -OCH3 is 1. The number of carbonyl (C=O) groups is 1. The van der Waals surface area contributed by atoms with Crippen molar-refractivity contribution in [1.82, 2.24) is 4.90 Å². The smallest absolute Gasteiger partial charge is 0.162 e. The summed E-state index contributed by atoms with van der Waals surface area (Å²) < 4.78 is 10.7. The van der Waals surface area contributed by atoms with Gasteiger partial charge in [-0.15, -0.1) is 0 Å². The first kappa shape index (κ1) is 20.1. The van der Waals surface area contributed by atoms with E-state index in [1.54, 1.807) is 13.3 Å². The summed E-state index contributed by atoms with van der Waals surface area (Å²) in [5, 5.41) is 0. The Hall–Kier alpha value is -2.66. The second-order valence-electron chi connectivity index (χ2n) is 7.09. The lowest BCUT2D eigenvalue weighted by molar-refractivity contribution is 0.0978. The molecule has 0 saturated heterocycles. The topological polar surface area (TPSA) is 51.1 Å². The quantitative estimate of drug-likeness (QED) is 0.455. The molecule has 5 nitrogen and oxygen atoms in total. The van der Waals surface area contributed by atoms with Gasteiger partial charge in [0.05, 0.1) is 7.11 Å². The summed E-state index contributed by atoms with van der Waals surface area (Å²) in [5.74, 6) is 1.82. The van der Waals surface area contributed by atoms with Crippen molar-refractivity contribution in [2.75, 3.05) is 33.9 Å². The normalized spacial score (nSPS) is 12.5. The number of unbranched alkanes of at least 4 members (excludes halogenated alkanes) is 1.